The van der Waals surface area contributed by atoms with Crippen molar-refractivity contribution in [2.24, 2.45) is 0 Å². The van der Waals surface area contributed by atoms with Gasteiger partial charge in [0, 0.05) is 5.02 Å². The first-order chi connectivity index (χ1) is 10.5. The van der Waals surface area contributed by atoms with Crippen LogP contribution < -0.4 is 5.32 Å². The van der Waals surface area contributed by atoms with Gasteiger partial charge in [-0.3, -0.25) is 4.79 Å². The molecule has 0 saturated heterocycles. The number of aromatic hydroxyl groups is 1. The molecule has 110 valence electrons. The Morgan fingerprint density at radius 3 is 2.64 bits per heavy atom. The third-order valence-electron chi connectivity index (χ3n) is 2.73. The number of rotatable bonds is 3. The average Bonchev–Trinajstić information content (AvgIpc) is 2.47. The zero-order valence-electron chi connectivity index (χ0n) is 11.2. The second-order valence-corrected chi connectivity index (χ2v) is 5.19. The van der Waals surface area contributed by atoms with Gasteiger partial charge in [-0.15, -0.1) is 0 Å². The highest BCUT2D eigenvalue weighted by molar-refractivity contribution is 6.36. The zero-order chi connectivity index (χ0) is 16.1. The van der Waals surface area contributed by atoms with Gasteiger partial charge in [0.05, 0.1) is 10.7 Å². The fourth-order valence-corrected chi connectivity index (χ4v) is 2.17. The molecular weight excluding hydrogens is 323 g/mol. The van der Waals surface area contributed by atoms with E-state index in [1.54, 1.807) is 24.3 Å². The topological polar surface area (TPSA) is 73.1 Å². The molecule has 2 aromatic carbocycles. The van der Waals surface area contributed by atoms with Gasteiger partial charge in [-0.25, -0.2) is 0 Å². The molecule has 0 atom stereocenters. The van der Waals surface area contributed by atoms with Gasteiger partial charge < -0.3 is 10.4 Å². The lowest BCUT2D eigenvalue weighted by molar-refractivity contribution is -0.112. The number of hydrogen-bond acceptors (Lipinski definition) is 3. The molecule has 0 aliphatic carbocycles. The van der Waals surface area contributed by atoms with Crippen molar-refractivity contribution in [3.05, 3.63) is 63.6 Å². The number of carbonyl (C=O) groups excluding carboxylic acids is 1. The molecule has 0 heterocycles. The van der Waals surface area contributed by atoms with Crippen molar-refractivity contribution in [3.63, 3.8) is 0 Å². The van der Waals surface area contributed by atoms with Crippen LogP contribution in [-0.4, -0.2) is 11.0 Å². The highest BCUT2D eigenvalue weighted by atomic mass is 35.5. The molecule has 0 bridgehead atoms. The number of nitrogens with zero attached hydrogens (tertiary/aromatic N) is 1. The SMILES string of the molecule is N#C/C(=C\c1cccc(O)c1)C(=O)Nc1ccc(Cl)cc1Cl. The van der Waals surface area contributed by atoms with Crippen LogP contribution in [0, 0.1) is 11.3 Å². The Hall–Kier alpha value is -2.48. The van der Waals surface area contributed by atoms with Gasteiger partial charge in [-0.2, -0.15) is 5.26 Å². The predicted molar refractivity (Wildman–Crippen MR) is 86.8 cm³/mol. The Labute approximate surface area is 137 Å². The molecule has 2 aromatic rings. The summed E-state index contributed by atoms with van der Waals surface area (Å²) in [5, 5.41) is 21.8. The Kier molecular flexibility index (Phi) is 5.05. The van der Waals surface area contributed by atoms with Crippen molar-refractivity contribution in [3.8, 4) is 11.8 Å². The van der Waals surface area contributed by atoms with Crippen LogP contribution in [0.15, 0.2) is 48.0 Å². The summed E-state index contributed by atoms with van der Waals surface area (Å²) in [4.78, 5) is 12.1. The Bertz CT molecular complexity index is 795. The van der Waals surface area contributed by atoms with E-state index < -0.39 is 5.91 Å². The van der Waals surface area contributed by atoms with Crippen LogP contribution in [-0.2, 0) is 4.79 Å². The zero-order valence-corrected chi connectivity index (χ0v) is 12.7. The highest BCUT2D eigenvalue weighted by Crippen LogP contribution is 2.26. The van der Waals surface area contributed by atoms with Crippen molar-refractivity contribution < 1.29 is 9.90 Å². The maximum Gasteiger partial charge on any atom is 0.266 e. The van der Waals surface area contributed by atoms with Crippen LogP contribution in [0.1, 0.15) is 5.56 Å². The normalized spacial score (nSPS) is 10.9. The lowest BCUT2D eigenvalue weighted by Crippen LogP contribution is -2.13. The molecule has 4 nitrogen and oxygen atoms in total. The van der Waals surface area contributed by atoms with Crippen LogP contribution >= 0.6 is 23.2 Å². The van der Waals surface area contributed by atoms with E-state index >= 15 is 0 Å². The van der Waals surface area contributed by atoms with E-state index in [4.69, 9.17) is 28.5 Å². The molecule has 22 heavy (non-hydrogen) atoms. The molecule has 0 aromatic heterocycles. The minimum Gasteiger partial charge on any atom is -0.508 e. The standard InChI is InChI=1S/C16H10Cl2N2O2/c17-12-4-5-15(14(18)8-12)20-16(22)11(9-19)6-10-2-1-3-13(21)7-10/h1-8,21H,(H,20,22)/b11-6+. The Balaban J connectivity index is 2.24. The predicted octanol–water partition coefficient (Wildman–Crippen LogP) is 4.24. The summed E-state index contributed by atoms with van der Waals surface area (Å²) in [6, 6.07) is 12.7. The lowest BCUT2D eigenvalue weighted by atomic mass is 10.1. The molecular formula is C16H10Cl2N2O2. The Morgan fingerprint density at radius 1 is 1.23 bits per heavy atom. The van der Waals surface area contributed by atoms with Gasteiger partial charge in [-0.05, 0) is 42.0 Å². The summed E-state index contributed by atoms with van der Waals surface area (Å²) in [5.74, 6) is -0.553. The summed E-state index contributed by atoms with van der Waals surface area (Å²) in [6.07, 6.45) is 1.37. The average molecular weight is 333 g/mol. The number of nitriles is 1. The van der Waals surface area contributed by atoms with Crippen molar-refractivity contribution in [2.45, 2.75) is 0 Å². The van der Waals surface area contributed by atoms with Gasteiger partial charge in [0.15, 0.2) is 0 Å². The second-order valence-electron chi connectivity index (χ2n) is 4.34. The van der Waals surface area contributed by atoms with E-state index in [2.05, 4.69) is 5.32 Å². The molecule has 0 fully saturated rings. The fourth-order valence-electron chi connectivity index (χ4n) is 1.71. The summed E-state index contributed by atoms with van der Waals surface area (Å²) >= 11 is 11.7. The molecule has 2 rings (SSSR count). The first kappa shape index (κ1) is 15.9. The number of benzene rings is 2. The number of phenolic OH excluding ortho intramolecular Hbond substituents is 1. The summed E-state index contributed by atoms with van der Waals surface area (Å²) < 4.78 is 0. The quantitative estimate of drug-likeness (QED) is 0.652. The number of amides is 1. The maximum atomic E-state index is 12.1. The van der Waals surface area contributed by atoms with Crippen LogP contribution in [0.3, 0.4) is 0 Å². The molecule has 0 aliphatic rings. The highest BCUT2D eigenvalue weighted by Gasteiger charge is 2.11. The number of anilines is 1. The smallest absolute Gasteiger partial charge is 0.266 e. The molecule has 0 radical (unpaired) electrons. The molecule has 0 unspecified atom stereocenters. The molecule has 0 aliphatic heterocycles. The van der Waals surface area contributed by atoms with Crippen LogP contribution in [0.2, 0.25) is 10.0 Å². The fraction of sp³-hybridized carbons (Fsp3) is 0. The third-order valence-corrected chi connectivity index (χ3v) is 3.27. The van der Waals surface area contributed by atoms with E-state index in [1.807, 2.05) is 6.07 Å². The van der Waals surface area contributed by atoms with Gasteiger partial charge >= 0.3 is 0 Å². The number of halogens is 2. The molecule has 1 amide bonds. The van der Waals surface area contributed by atoms with Gasteiger partial charge in [-0.1, -0.05) is 35.3 Å². The first-order valence-corrected chi connectivity index (χ1v) is 6.92. The van der Waals surface area contributed by atoms with Gasteiger partial charge in [0.1, 0.15) is 17.4 Å². The Morgan fingerprint density at radius 2 is 2.00 bits per heavy atom. The number of nitrogens with one attached hydrogen (secondary N) is 1. The first-order valence-electron chi connectivity index (χ1n) is 6.17. The van der Waals surface area contributed by atoms with Crippen LogP contribution in [0.25, 0.3) is 6.08 Å². The largest absolute Gasteiger partial charge is 0.508 e. The van der Waals surface area contributed by atoms with E-state index in [0.717, 1.165) is 0 Å². The summed E-state index contributed by atoms with van der Waals surface area (Å²) in [6.45, 7) is 0. The molecule has 0 spiro atoms. The van der Waals surface area contributed by atoms with Crippen LogP contribution in [0.5, 0.6) is 5.75 Å². The third kappa shape index (κ3) is 4.01. The molecule has 0 saturated carbocycles. The molecule has 6 heteroatoms. The van der Waals surface area contributed by atoms with E-state index in [1.165, 1.54) is 24.3 Å². The number of hydrogen-bond donors (Lipinski definition) is 2. The summed E-state index contributed by atoms with van der Waals surface area (Å²) in [5.41, 5.74) is 0.777. The van der Waals surface area contributed by atoms with Crippen molar-refractivity contribution in [1.82, 2.24) is 0 Å². The number of carbonyl (C=O) groups is 1. The van der Waals surface area contributed by atoms with E-state index in [0.29, 0.717) is 16.3 Å². The maximum absolute atomic E-state index is 12.1. The minimum atomic E-state index is -0.602. The van der Waals surface area contributed by atoms with Crippen molar-refractivity contribution in [2.75, 3.05) is 5.32 Å². The van der Waals surface area contributed by atoms with Gasteiger partial charge in [0.25, 0.3) is 5.91 Å². The second kappa shape index (κ2) is 6.99. The summed E-state index contributed by atoms with van der Waals surface area (Å²) in [7, 11) is 0. The van der Waals surface area contributed by atoms with Crippen molar-refractivity contribution >= 4 is 40.9 Å². The monoisotopic (exact) mass is 332 g/mol. The minimum absolute atomic E-state index is 0.0483. The lowest BCUT2D eigenvalue weighted by Gasteiger charge is -2.06. The van der Waals surface area contributed by atoms with Crippen LogP contribution in [0.4, 0.5) is 5.69 Å². The molecule has 2 N–H and O–H groups in total. The number of phenols is 1. The van der Waals surface area contributed by atoms with Gasteiger partial charge in [0.2, 0.25) is 0 Å². The van der Waals surface area contributed by atoms with Crippen molar-refractivity contribution in [1.29, 1.82) is 5.26 Å². The van der Waals surface area contributed by atoms with E-state index in [9.17, 15) is 9.90 Å². The van der Waals surface area contributed by atoms with E-state index in [-0.39, 0.29) is 16.3 Å².